The van der Waals surface area contributed by atoms with Crippen molar-refractivity contribution in [2.75, 3.05) is 13.1 Å². The van der Waals surface area contributed by atoms with Gasteiger partial charge in [-0.1, -0.05) is 54.1 Å². The first-order valence-corrected chi connectivity index (χ1v) is 9.37. The predicted molar refractivity (Wildman–Crippen MR) is 112 cm³/mol. The molecule has 3 aromatic rings. The number of nitrogens with one attached hydrogen (secondary N) is 2. The molecule has 0 aliphatic heterocycles. The number of carbonyl (C=O) groups is 2. The van der Waals surface area contributed by atoms with Crippen molar-refractivity contribution in [3.8, 4) is 0 Å². The summed E-state index contributed by atoms with van der Waals surface area (Å²) in [6.07, 6.45) is 3.44. The van der Waals surface area contributed by atoms with E-state index in [1.807, 2.05) is 62.5 Å². The molecule has 2 aromatic carbocycles. The van der Waals surface area contributed by atoms with Crippen LogP contribution >= 0.6 is 0 Å². The van der Waals surface area contributed by atoms with E-state index in [1.54, 1.807) is 6.08 Å². The highest BCUT2D eigenvalue weighted by molar-refractivity contribution is 6.07. The average Bonchev–Trinajstić information content (AvgIpc) is 3.04. The zero-order chi connectivity index (χ0) is 19.9. The minimum atomic E-state index is -0.145. The van der Waals surface area contributed by atoms with Gasteiger partial charge >= 0.3 is 0 Å². The summed E-state index contributed by atoms with van der Waals surface area (Å²) in [4.78, 5) is 24.3. The zero-order valence-electron chi connectivity index (χ0n) is 16.2. The summed E-state index contributed by atoms with van der Waals surface area (Å²) in [6.45, 7) is 5.20. The maximum Gasteiger partial charge on any atom is 0.253 e. The Kier molecular flexibility index (Phi) is 6.27. The third-order valence-electron chi connectivity index (χ3n) is 4.36. The van der Waals surface area contributed by atoms with E-state index in [4.69, 9.17) is 0 Å². The third kappa shape index (κ3) is 4.88. The quantitative estimate of drug-likeness (QED) is 0.490. The van der Waals surface area contributed by atoms with Crippen LogP contribution in [0.1, 0.15) is 29.8 Å². The van der Waals surface area contributed by atoms with Crippen LogP contribution in [0.4, 0.5) is 0 Å². The van der Waals surface area contributed by atoms with Gasteiger partial charge in [0.1, 0.15) is 0 Å². The number of allylic oxidation sites excluding steroid dienone is 1. The monoisotopic (exact) mass is 375 g/mol. The Morgan fingerprint density at radius 1 is 0.929 bits per heavy atom. The van der Waals surface area contributed by atoms with E-state index in [2.05, 4.69) is 27.3 Å². The molecule has 0 fully saturated rings. The third-order valence-corrected chi connectivity index (χ3v) is 4.36. The smallest absolute Gasteiger partial charge is 0.253 e. The van der Waals surface area contributed by atoms with E-state index in [0.29, 0.717) is 25.2 Å². The summed E-state index contributed by atoms with van der Waals surface area (Å²) < 4.78 is 2.09. The maximum atomic E-state index is 12.7. The molecule has 3 rings (SSSR count). The van der Waals surface area contributed by atoms with Crippen LogP contribution in [0.5, 0.6) is 0 Å². The summed E-state index contributed by atoms with van der Waals surface area (Å²) >= 11 is 0. The van der Waals surface area contributed by atoms with E-state index in [0.717, 1.165) is 16.5 Å². The molecular formula is C23H25N3O2. The fourth-order valence-corrected chi connectivity index (χ4v) is 3.11. The van der Waals surface area contributed by atoms with Crippen molar-refractivity contribution >= 4 is 22.7 Å². The highest BCUT2D eigenvalue weighted by Gasteiger charge is 2.14. The van der Waals surface area contributed by atoms with Crippen molar-refractivity contribution in [2.24, 2.45) is 0 Å². The van der Waals surface area contributed by atoms with Gasteiger partial charge in [-0.15, -0.1) is 0 Å². The van der Waals surface area contributed by atoms with Gasteiger partial charge in [-0.3, -0.25) is 9.59 Å². The number of fused-ring (bicyclic) bond motifs is 1. The van der Waals surface area contributed by atoms with Crippen LogP contribution in [-0.2, 0) is 11.3 Å². The highest BCUT2D eigenvalue weighted by Crippen LogP contribution is 2.22. The van der Waals surface area contributed by atoms with Gasteiger partial charge in [-0.2, -0.15) is 0 Å². The molecule has 2 amide bonds. The topological polar surface area (TPSA) is 63.1 Å². The van der Waals surface area contributed by atoms with Gasteiger partial charge in [0.05, 0.1) is 5.56 Å². The van der Waals surface area contributed by atoms with Crippen molar-refractivity contribution in [1.82, 2.24) is 15.2 Å². The van der Waals surface area contributed by atoms with Crippen LogP contribution in [-0.4, -0.2) is 29.5 Å². The summed E-state index contributed by atoms with van der Waals surface area (Å²) in [7, 11) is 0. The van der Waals surface area contributed by atoms with E-state index in [1.165, 1.54) is 5.56 Å². The number of benzene rings is 2. The molecule has 0 atom stereocenters. The lowest BCUT2D eigenvalue weighted by atomic mass is 10.1. The highest BCUT2D eigenvalue weighted by atomic mass is 16.2. The second kappa shape index (κ2) is 9.04. The molecule has 144 valence electrons. The largest absolute Gasteiger partial charge is 0.351 e. The number of carbonyl (C=O) groups excluding carboxylic acids is 2. The van der Waals surface area contributed by atoms with Crippen LogP contribution in [0.25, 0.3) is 10.9 Å². The Morgan fingerprint density at radius 3 is 2.36 bits per heavy atom. The number of rotatable bonds is 7. The van der Waals surface area contributed by atoms with Gasteiger partial charge in [0.2, 0.25) is 5.91 Å². The first-order chi connectivity index (χ1) is 13.5. The lowest BCUT2D eigenvalue weighted by molar-refractivity contribution is -0.116. The fraction of sp³-hybridized carbons (Fsp3) is 0.217. The first kappa shape index (κ1) is 19.4. The molecule has 0 saturated carbocycles. The maximum absolute atomic E-state index is 12.7. The fourth-order valence-electron chi connectivity index (χ4n) is 3.11. The number of nitrogens with zero attached hydrogens (tertiary/aromatic N) is 1. The number of aromatic nitrogens is 1. The molecule has 0 saturated heterocycles. The summed E-state index contributed by atoms with van der Waals surface area (Å²) in [6, 6.07) is 18.1. The van der Waals surface area contributed by atoms with E-state index in [-0.39, 0.29) is 11.8 Å². The standard InChI is InChI=1S/C23H25N3O2/c1-17(2)14-22(27)24-12-13-25-23(28)20-16-26(15-18-8-4-3-5-9-18)21-11-7-6-10-19(20)21/h3-11,14,16H,12-13,15H2,1-2H3,(H,24,27)(H,25,28). The normalized spacial score (nSPS) is 10.5. The van der Waals surface area contributed by atoms with E-state index in [9.17, 15) is 9.59 Å². The molecule has 0 aliphatic carbocycles. The molecule has 0 unspecified atom stereocenters. The van der Waals surface area contributed by atoms with Crippen molar-refractivity contribution in [1.29, 1.82) is 0 Å². The van der Waals surface area contributed by atoms with Crippen molar-refractivity contribution < 1.29 is 9.59 Å². The van der Waals surface area contributed by atoms with E-state index < -0.39 is 0 Å². The minimum absolute atomic E-state index is 0.139. The molecular weight excluding hydrogens is 350 g/mol. The minimum Gasteiger partial charge on any atom is -0.351 e. The first-order valence-electron chi connectivity index (χ1n) is 9.37. The van der Waals surface area contributed by atoms with Gasteiger partial charge in [0.15, 0.2) is 0 Å². The summed E-state index contributed by atoms with van der Waals surface area (Å²) in [5.74, 6) is -0.284. The molecule has 5 heteroatoms. The Balaban J connectivity index is 1.69. The number of amides is 2. The number of para-hydroxylation sites is 1. The van der Waals surface area contributed by atoms with Crippen LogP contribution in [0.3, 0.4) is 0 Å². The lowest BCUT2D eigenvalue weighted by Crippen LogP contribution is -2.34. The SMILES string of the molecule is CC(C)=CC(=O)NCCNC(=O)c1cn(Cc2ccccc2)c2ccccc12. The Hall–Kier alpha value is -3.34. The molecule has 5 nitrogen and oxygen atoms in total. The van der Waals surface area contributed by atoms with Gasteiger partial charge in [-0.05, 0) is 25.5 Å². The lowest BCUT2D eigenvalue weighted by Gasteiger charge is -2.05. The molecule has 1 heterocycles. The molecule has 0 bridgehead atoms. The second-order valence-corrected chi connectivity index (χ2v) is 6.94. The Labute approximate surface area is 165 Å². The molecule has 0 radical (unpaired) electrons. The molecule has 0 aliphatic rings. The molecule has 2 N–H and O–H groups in total. The van der Waals surface area contributed by atoms with Crippen molar-refractivity contribution in [3.05, 3.63) is 83.6 Å². The van der Waals surface area contributed by atoms with Gasteiger partial charge in [0.25, 0.3) is 5.91 Å². The average molecular weight is 375 g/mol. The second-order valence-electron chi connectivity index (χ2n) is 6.94. The van der Waals surface area contributed by atoms with Crippen molar-refractivity contribution in [3.63, 3.8) is 0 Å². The van der Waals surface area contributed by atoms with Crippen LogP contribution < -0.4 is 10.6 Å². The molecule has 28 heavy (non-hydrogen) atoms. The van der Waals surface area contributed by atoms with Crippen molar-refractivity contribution in [2.45, 2.75) is 20.4 Å². The Bertz CT molecular complexity index is 999. The van der Waals surface area contributed by atoms with Crippen LogP contribution in [0, 0.1) is 0 Å². The van der Waals surface area contributed by atoms with Gasteiger partial charge in [0, 0.05) is 42.8 Å². The molecule has 0 spiro atoms. The predicted octanol–water partition coefficient (Wildman–Crippen LogP) is 3.50. The van der Waals surface area contributed by atoms with Crippen LogP contribution in [0.2, 0.25) is 0 Å². The van der Waals surface area contributed by atoms with Gasteiger partial charge in [-0.25, -0.2) is 0 Å². The van der Waals surface area contributed by atoms with Crippen LogP contribution in [0.15, 0.2) is 72.4 Å². The van der Waals surface area contributed by atoms with E-state index >= 15 is 0 Å². The van der Waals surface area contributed by atoms with Gasteiger partial charge < -0.3 is 15.2 Å². The Morgan fingerprint density at radius 2 is 1.61 bits per heavy atom. The summed E-state index contributed by atoms with van der Waals surface area (Å²) in [5.41, 5.74) is 3.78. The number of hydrogen-bond acceptors (Lipinski definition) is 2. The summed E-state index contributed by atoms with van der Waals surface area (Å²) in [5, 5.41) is 6.57. The molecule has 1 aromatic heterocycles. The number of hydrogen-bond donors (Lipinski definition) is 2. The zero-order valence-corrected chi connectivity index (χ0v) is 16.2.